The minimum absolute atomic E-state index is 0.103. The number of sulfonamides is 1. The van der Waals surface area contributed by atoms with Crippen LogP contribution in [0.3, 0.4) is 0 Å². The molecule has 0 aliphatic carbocycles. The molecule has 0 spiro atoms. The van der Waals surface area contributed by atoms with E-state index in [-0.39, 0.29) is 21.8 Å². The van der Waals surface area contributed by atoms with Crippen molar-refractivity contribution in [2.45, 2.75) is 44.4 Å². The molecule has 0 saturated heterocycles. The molecule has 0 heterocycles. The van der Waals surface area contributed by atoms with Gasteiger partial charge in [-0.2, -0.15) is 0 Å². The fourth-order valence-electron chi connectivity index (χ4n) is 2.66. The summed E-state index contributed by atoms with van der Waals surface area (Å²) < 4.78 is 28.3. The lowest BCUT2D eigenvalue weighted by atomic mass is 9.93. The quantitative estimate of drug-likeness (QED) is 0.530. The normalized spacial score (nSPS) is 11.8. The first-order valence-electron chi connectivity index (χ1n) is 8.14. The van der Waals surface area contributed by atoms with Gasteiger partial charge >= 0.3 is 0 Å². The average Bonchev–Trinajstić information content (AvgIpc) is 2.54. The van der Waals surface area contributed by atoms with Crippen LogP contribution < -0.4 is 4.72 Å². The molecule has 2 aromatic carbocycles. The zero-order chi connectivity index (χ0) is 19.6. The summed E-state index contributed by atoms with van der Waals surface area (Å²) in [6.07, 6.45) is 0. The molecule has 2 rings (SSSR count). The summed E-state index contributed by atoms with van der Waals surface area (Å²) >= 11 is 5.78. The van der Waals surface area contributed by atoms with Crippen LogP contribution >= 0.6 is 11.6 Å². The van der Waals surface area contributed by atoms with Crippen molar-refractivity contribution in [3.05, 3.63) is 62.7 Å². The van der Waals surface area contributed by atoms with Gasteiger partial charge in [0.05, 0.1) is 15.5 Å². The van der Waals surface area contributed by atoms with E-state index in [0.29, 0.717) is 5.69 Å². The van der Waals surface area contributed by atoms with E-state index < -0.39 is 20.6 Å². The Bertz CT molecular complexity index is 914. The SMILES string of the molecule is CC(C)c1cccc(C(C)C)c1NS(=O)(=O)c1ccc(Cl)c([N+](=O)[O-])c1. The second-order valence-corrected chi connectivity index (χ2v) is 8.69. The molecule has 26 heavy (non-hydrogen) atoms. The predicted octanol–water partition coefficient (Wildman–Crippen LogP) is 5.30. The number of hydrogen-bond donors (Lipinski definition) is 1. The number of nitrogens with zero attached hydrogens (tertiary/aromatic N) is 1. The predicted molar refractivity (Wildman–Crippen MR) is 104 cm³/mol. The van der Waals surface area contributed by atoms with Gasteiger partial charge in [-0.1, -0.05) is 57.5 Å². The van der Waals surface area contributed by atoms with Crippen molar-refractivity contribution in [2.24, 2.45) is 0 Å². The van der Waals surface area contributed by atoms with Crippen LogP contribution in [-0.4, -0.2) is 13.3 Å². The molecule has 0 atom stereocenters. The number of hydrogen-bond acceptors (Lipinski definition) is 4. The molecule has 1 N–H and O–H groups in total. The molecule has 140 valence electrons. The molecule has 0 fully saturated rings. The first-order chi connectivity index (χ1) is 12.0. The van der Waals surface area contributed by atoms with E-state index in [1.165, 1.54) is 12.1 Å². The minimum atomic E-state index is -4.01. The van der Waals surface area contributed by atoms with Gasteiger partial charge in [-0.3, -0.25) is 14.8 Å². The molecule has 0 bridgehead atoms. The average molecular weight is 397 g/mol. The van der Waals surface area contributed by atoms with E-state index in [2.05, 4.69) is 4.72 Å². The Morgan fingerprint density at radius 3 is 2.04 bits per heavy atom. The van der Waals surface area contributed by atoms with Crippen LogP contribution in [0.5, 0.6) is 0 Å². The highest BCUT2D eigenvalue weighted by Gasteiger charge is 2.24. The number of nitro benzene ring substituents is 1. The molecule has 2 aromatic rings. The largest absolute Gasteiger partial charge is 0.289 e. The van der Waals surface area contributed by atoms with Gasteiger partial charge in [0.1, 0.15) is 5.02 Å². The van der Waals surface area contributed by atoms with E-state index in [0.717, 1.165) is 17.2 Å². The number of nitro groups is 1. The van der Waals surface area contributed by atoms with Gasteiger partial charge < -0.3 is 0 Å². The maximum atomic E-state index is 12.9. The van der Waals surface area contributed by atoms with Gasteiger partial charge in [0.2, 0.25) is 0 Å². The number of nitrogens with one attached hydrogen (secondary N) is 1. The van der Waals surface area contributed by atoms with Gasteiger partial charge in [0.25, 0.3) is 15.7 Å². The van der Waals surface area contributed by atoms with Crippen LogP contribution in [0.2, 0.25) is 5.02 Å². The lowest BCUT2D eigenvalue weighted by Crippen LogP contribution is -2.17. The molecule has 0 aromatic heterocycles. The molecular formula is C18H21ClN2O4S. The maximum absolute atomic E-state index is 12.9. The van der Waals surface area contributed by atoms with Crippen molar-refractivity contribution in [2.75, 3.05) is 4.72 Å². The fraction of sp³-hybridized carbons (Fsp3) is 0.333. The Balaban J connectivity index is 2.57. The highest BCUT2D eigenvalue weighted by atomic mass is 35.5. The maximum Gasteiger partial charge on any atom is 0.289 e. The third kappa shape index (κ3) is 4.16. The van der Waals surface area contributed by atoms with Crippen LogP contribution in [0, 0.1) is 10.1 Å². The second kappa shape index (κ2) is 7.63. The summed E-state index contributed by atoms with van der Waals surface area (Å²) in [5.74, 6) is 0.205. The summed E-state index contributed by atoms with van der Waals surface area (Å²) in [5.41, 5.74) is 1.80. The lowest BCUT2D eigenvalue weighted by Gasteiger charge is -2.20. The zero-order valence-corrected chi connectivity index (χ0v) is 16.6. The lowest BCUT2D eigenvalue weighted by molar-refractivity contribution is -0.384. The summed E-state index contributed by atoms with van der Waals surface area (Å²) in [4.78, 5) is 10.1. The van der Waals surface area contributed by atoms with Crippen LogP contribution in [-0.2, 0) is 10.0 Å². The Labute approximate surface area is 158 Å². The second-order valence-electron chi connectivity index (χ2n) is 6.60. The van der Waals surface area contributed by atoms with Gasteiger partial charge in [-0.05, 0) is 35.1 Å². The minimum Gasteiger partial charge on any atom is -0.279 e. The fourth-order valence-corrected chi connectivity index (χ4v) is 3.98. The summed E-state index contributed by atoms with van der Waals surface area (Å²) in [5, 5.41) is 10.9. The zero-order valence-electron chi connectivity index (χ0n) is 15.0. The summed E-state index contributed by atoms with van der Waals surface area (Å²) in [6.45, 7) is 7.91. The molecule has 0 unspecified atom stereocenters. The highest BCUT2D eigenvalue weighted by molar-refractivity contribution is 7.92. The molecule has 0 aliphatic heterocycles. The number of anilines is 1. The standard InChI is InChI=1S/C18H21ClN2O4S/c1-11(2)14-6-5-7-15(12(3)4)18(14)20-26(24,25)13-8-9-16(19)17(10-13)21(22)23/h5-12,20H,1-4H3. The van der Waals surface area contributed by atoms with Crippen LogP contribution in [0.1, 0.15) is 50.7 Å². The van der Waals surface area contributed by atoms with Gasteiger partial charge in [-0.25, -0.2) is 8.42 Å². The first-order valence-corrected chi connectivity index (χ1v) is 10.00. The number of benzene rings is 2. The Morgan fingerprint density at radius 1 is 1.04 bits per heavy atom. The van der Waals surface area contributed by atoms with Crippen molar-refractivity contribution >= 4 is 33.0 Å². The first kappa shape index (κ1) is 20.2. The summed E-state index contributed by atoms with van der Waals surface area (Å²) in [6, 6.07) is 9.08. The van der Waals surface area contributed by atoms with Crippen LogP contribution in [0.15, 0.2) is 41.3 Å². The van der Waals surface area contributed by atoms with E-state index in [9.17, 15) is 18.5 Å². The van der Waals surface area contributed by atoms with E-state index in [1.807, 2.05) is 45.9 Å². The molecule has 0 radical (unpaired) electrons. The number of rotatable bonds is 6. The van der Waals surface area contributed by atoms with E-state index in [1.54, 1.807) is 0 Å². The number of halogens is 1. The van der Waals surface area contributed by atoms with E-state index >= 15 is 0 Å². The highest BCUT2D eigenvalue weighted by Crippen LogP contribution is 2.35. The number of para-hydroxylation sites is 1. The smallest absolute Gasteiger partial charge is 0.279 e. The Kier molecular flexibility index (Phi) is 5.93. The van der Waals surface area contributed by atoms with Crippen molar-refractivity contribution in [3.63, 3.8) is 0 Å². The molecule has 6 nitrogen and oxygen atoms in total. The van der Waals surface area contributed by atoms with Crippen molar-refractivity contribution in [3.8, 4) is 0 Å². The van der Waals surface area contributed by atoms with Crippen molar-refractivity contribution in [1.29, 1.82) is 0 Å². The van der Waals surface area contributed by atoms with Crippen molar-refractivity contribution in [1.82, 2.24) is 0 Å². The van der Waals surface area contributed by atoms with Gasteiger partial charge in [0, 0.05) is 6.07 Å². The monoisotopic (exact) mass is 396 g/mol. The van der Waals surface area contributed by atoms with Gasteiger partial charge in [-0.15, -0.1) is 0 Å². The molecule has 8 heteroatoms. The molecule has 0 amide bonds. The molecular weight excluding hydrogens is 376 g/mol. The van der Waals surface area contributed by atoms with Crippen molar-refractivity contribution < 1.29 is 13.3 Å². The summed E-state index contributed by atoms with van der Waals surface area (Å²) in [7, 11) is -4.01. The Hall–Kier alpha value is -2.12. The topological polar surface area (TPSA) is 89.3 Å². The Morgan fingerprint density at radius 2 is 1.58 bits per heavy atom. The van der Waals surface area contributed by atoms with E-state index in [4.69, 9.17) is 11.6 Å². The third-order valence-electron chi connectivity index (χ3n) is 4.03. The van der Waals surface area contributed by atoms with Crippen LogP contribution in [0.4, 0.5) is 11.4 Å². The van der Waals surface area contributed by atoms with Crippen LogP contribution in [0.25, 0.3) is 0 Å². The molecule has 0 saturated carbocycles. The third-order valence-corrected chi connectivity index (χ3v) is 5.70. The van der Waals surface area contributed by atoms with Gasteiger partial charge in [0.15, 0.2) is 0 Å². The molecule has 0 aliphatic rings.